The van der Waals surface area contributed by atoms with Crippen molar-refractivity contribution in [3.8, 4) is 11.5 Å². The maximum absolute atomic E-state index is 13.9. The molecule has 2 heterocycles. The van der Waals surface area contributed by atoms with Crippen molar-refractivity contribution >= 4 is 34.9 Å². The summed E-state index contributed by atoms with van der Waals surface area (Å²) in [7, 11) is 0. The molecule has 1 N–H and O–H groups in total. The summed E-state index contributed by atoms with van der Waals surface area (Å²) in [6.07, 6.45) is 5.72. The van der Waals surface area contributed by atoms with Gasteiger partial charge in [-0.2, -0.15) is 0 Å². The van der Waals surface area contributed by atoms with Crippen LogP contribution < -0.4 is 19.6 Å². The number of fused-ring (bicyclic) bond motifs is 3. The van der Waals surface area contributed by atoms with Gasteiger partial charge in [-0.1, -0.05) is 53.8 Å². The Morgan fingerprint density at radius 3 is 2.73 bits per heavy atom. The van der Waals surface area contributed by atoms with E-state index in [0.717, 1.165) is 35.2 Å². The zero-order valence-electron chi connectivity index (χ0n) is 20.6. The van der Waals surface area contributed by atoms with Crippen LogP contribution in [0.15, 0.2) is 87.0 Å². The van der Waals surface area contributed by atoms with E-state index < -0.39 is 0 Å². The minimum atomic E-state index is -0.198. The Kier molecular flexibility index (Phi) is 6.26. The first-order valence-electron chi connectivity index (χ1n) is 12.3. The largest absolute Gasteiger partial charge is 0.504 e. The van der Waals surface area contributed by atoms with Crippen molar-refractivity contribution in [2.24, 2.45) is 4.99 Å². The quantitative estimate of drug-likeness (QED) is 0.366. The van der Waals surface area contributed by atoms with E-state index in [1.54, 1.807) is 30.0 Å². The Labute approximate surface area is 223 Å². The van der Waals surface area contributed by atoms with Crippen LogP contribution in [-0.4, -0.2) is 22.5 Å². The molecule has 0 saturated carbocycles. The number of phenolic OH excluding ortho intramolecular Hbond substituents is 1. The molecule has 0 radical (unpaired) electrons. The van der Waals surface area contributed by atoms with Crippen molar-refractivity contribution in [1.82, 2.24) is 4.57 Å². The standard InChI is InChI=1S/C30H26N2O3S2/c1-3-35-25-16-18(8-15-24(25)33)17-26-29(34)32-28(20-9-12-21(36-2)13-10-20)23-14-11-19-6-4-5-7-22(19)27(23)31-30(32)37-26/h4-10,12-13,15-17,28,33H,3,11,14H2,1-2H3. The van der Waals surface area contributed by atoms with Crippen LogP contribution in [0.2, 0.25) is 0 Å². The molecule has 0 fully saturated rings. The number of aromatic hydroxyl groups is 1. The number of allylic oxidation sites excluding steroid dienone is 1. The van der Waals surface area contributed by atoms with Crippen molar-refractivity contribution in [1.29, 1.82) is 0 Å². The second kappa shape index (κ2) is 9.72. The maximum Gasteiger partial charge on any atom is 0.271 e. The zero-order chi connectivity index (χ0) is 25.5. The molecule has 0 spiro atoms. The van der Waals surface area contributed by atoms with Gasteiger partial charge in [0.2, 0.25) is 0 Å². The van der Waals surface area contributed by atoms with E-state index in [1.807, 2.05) is 17.6 Å². The van der Waals surface area contributed by atoms with Crippen LogP contribution in [0.25, 0.3) is 11.8 Å². The van der Waals surface area contributed by atoms with Gasteiger partial charge in [-0.3, -0.25) is 9.36 Å². The molecular weight excluding hydrogens is 500 g/mol. The lowest BCUT2D eigenvalue weighted by Crippen LogP contribution is -2.38. The van der Waals surface area contributed by atoms with Gasteiger partial charge in [-0.15, -0.1) is 11.8 Å². The number of thiazole rings is 1. The summed E-state index contributed by atoms with van der Waals surface area (Å²) >= 11 is 3.11. The van der Waals surface area contributed by atoms with E-state index in [4.69, 9.17) is 9.73 Å². The van der Waals surface area contributed by atoms with Crippen LogP contribution in [0, 0.1) is 0 Å². The van der Waals surface area contributed by atoms with Gasteiger partial charge in [0.25, 0.3) is 5.56 Å². The van der Waals surface area contributed by atoms with Crippen molar-refractivity contribution in [2.45, 2.75) is 30.7 Å². The predicted molar refractivity (Wildman–Crippen MR) is 150 cm³/mol. The molecule has 1 aliphatic carbocycles. The summed E-state index contributed by atoms with van der Waals surface area (Å²) in [6, 6.07) is 21.9. The van der Waals surface area contributed by atoms with Crippen LogP contribution >= 0.6 is 23.1 Å². The molecular formula is C30H26N2O3S2. The Bertz CT molecular complexity index is 1710. The third-order valence-corrected chi connectivity index (χ3v) is 8.61. The summed E-state index contributed by atoms with van der Waals surface area (Å²) in [6.45, 7) is 2.32. The van der Waals surface area contributed by atoms with Crippen LogP contribution in [0.5, 0.6) is 11.5 Å². The number of phenols is 1. The maximum atomic E-state index is 13.9. The van der Waals surface area contributed by atoms with Gasteiger partial charge < -0.3 is 9.84 Å². The highest BCUT2D eigenvalue weighted by atomic mass is 32.2. The molecule has 5 nitrogen and oxygen atoms in total. The fourth-order valence-corrected chi connectivity index (χ4v) is 6.56. The number of thioether (sulfide) groups is 1. The highest BCUT2D eigenvalue weighted by Gasteiger charge is 2.32. The lowest BCUT2D eigenvalue weighted by atomic mass is 9.83. The fraction of sp³-hybridized carbons (Fsp3) is 0.200. The number of nitrogens with zero attached hydrogens (tertiary/aromatic N) is 2. The van der Waals surface area contributed by atoms with Gasteiger partial charge in [-0.05, 0) is 78.6 Å². The van der Waals surface area contributed by atoms with E-state index in [-0.39, 0.29) is 17.4 Å². The zero-order valence-corrected chi connectivity index (χ0v) is 22.2. The molecule has 3 aromatic carbocycles. The molecule has 0 amide bonds. The normalized spacial score (nSPS) is 16.6. The highest BCUT2D eigenvalue weighted by molar-refractivity contribution is 7.98. The van der Waals surface area contributed by atoms with Crippen LogP contribution in [0.4, 0.5) is 0 Å². The van der Waals surface area contributed by atoms with Crippen molar-refractivity contribution in [2.75, 3.05) is 12.9 Å². The highest BCUT2D eigenvalue weighted by Crippen LogP contribution is 2.41. The van der Waals surface area contributed by atoms with E-state index in [0.29, 0.717) is 21.7 Å². The van der Waals surface area contributed by atoms with E-state index in [1.165, 1.54) is 27.4 Å². The van der Waals surface area contributed by atoms with E-state index >= 15 is 0 Å². The van der Waals surface area contributed by atoms with Crippen molar-refractivity contribution in [3.05, 3.63) is 114 Å². The predicted octanol–water partition coefficient (Wildman–Crippen LogP) is 5.14. The number of benzene rings is 3. The topological polar surface area (TPSA) is 63.8 Å². The van der Waals surface area contributed by atoms with Gasteiger partial charge >= 0.3 is 0 Å². The lowest BCUT2D eigenvalue weighted by molar-refractivity contribution is 0.318. The summed E-state index contributed by atoms with van der Waals surface area (Å²) in [5.41, 5.74) is 6.48. The van der Waals surface area contributed by atoms with E-state index in [2.05, 4.69) is 54.8 Å². The molecule has 1 unspecified atom stereocenters. The molecule has 0 bridgehead atoms. The van der Waals surface area contributed by atoms with Gasteiger partial charge in [0.1, 0.15) is 0 Å². The van der Waals surface area contributed by atoms with Crippen LogP contribution in [0.1, 0.15) is 41.6 Å². The first-order valence-corrected chi connectivity index (χ1v) is 14.3. The number of hydrogen-bond donors (Lipinski definition) is 1. The molecule has 1 aromatic heterocycles. The van der Waals surface area contributed by atoms with Gasteiger partial charge in [0.15, 0.2) is 16.3 Å². The number of hydrogen-bond acceptors (Lipinski definition) is 6. The summed E-state index contributed by atoms with van der Waals surface area (Å²) < 4.78 is 8.01. The molecule has 186 valence electrons. The molecule has 1 atom stereocenters. The number of aromatic nitrogens is 1. The van der Waals surface area contributed by atoms with Gasteiger partial charge in [-0.25, -0.2) is 4.99 Å². The lowest BCUT2D eigenvalue weighted by Gasteiger charge is -2.30. The van der Waals surface area contributed by atoms with Crippen LogP contribution in [0.3, 0.4) is 0 Å². The minimum absolute atomic E-state index is 0.0564. The summed E-state index contributed by atoms with van der Waals surface area (Å²) in [5, 5.41) is 10.1. The summed E-state index contributed by atoms with van der Waals surface area (Å²) in [4.78, 5) is 20.9. The van der Waals surface area contributed by atoms with E-state index in [9.17, 15) is 9.90 Å². The molecule has 4 aromatic rings. The van der Waals surface area contributed by atoms with Crippen molar-refractivity contribution in [3.63, 3.8) is 0 Å². The third-order valence-electron chi connectivity index (χ3n) is 6.89. The Balaban J connectivity index is 1.57. The molecule has 2 aliphatic rings. The number of rotatable bonds is 5. The molecule has 0 saturated heterocycles. The average Bonchev–Trinajstić information content (AvgIpc) is 3.23. The fourth-order valence-electron chi connectivity index (χ4n) is 5.15. The Morgan fingerprint density at radius 1 is 1.14 bits per heavy atom. The van der Waals surface area contributed by atoms with Gasteiger partial charge in [0, 0.05) is 10.5 Å². The number of ether oxygens (including phenoxy) is 1. The molecule has 7 heteroatoms. The molecule has 1 aliphatic heterocycles. The monoisotopic (exact) mass is 526 g/mol. The third kappa shape index (κ3) is 4.22. The Morgan fingerprint density at radius 2 is 1.95 bits per heavy atom. The Hall–Kier alpha value is -3.55. The molecule has 6 rings (SSSR count). The minimum Gasteiger partial charge on any atom is -0.504 e. The average molecular weight is 527 g/mol. The first kappa shape index (κ1) is 23.8. The second-order valence-electron chi connectivity index (χ2n) is 9.05. The first-order chi connectivity index (χ1) is 18.1. The second-order valence-corrected chi connectivity index (χ2v) is 10.9. The summed E-state index contributed by atoms with van der Waals surface area (Å²) in [5.74, 6) is 0.489. The SMILES string of the molecule is CCOc1cc(C=c2sc3n(c2=O)C(c2ccc(SC)cc2)C2=C(N=3)c3ccccc3CC2)ccc1O. The van der Waals surface area contributed by atoms with Crippen LogP contribution in [-0.2, 0) is 6.42 Å². The smallest absolute Gasteiger partial charge is 0.271 e. The molecule has 37 heavy (non-hydrogen) atoms. The number of aryl methyl sites for hydroxylation is 1. The van der Waals surface area contributed by atoms with Crippen molar-refractivity contribution < 1.29 is 9.84 Å². The van der Waals surface area contributed by atoms with Gasteiger partial charge in [0.05, 0.1) is 22.9 Å².